The highest BCUT2D eigenvalue weighted by atomic mass is 16.5. The fourth-order valence-corrected chi connectivity index (χ4v) is 2.36. The van der Waals surface area contributed by atoms with Gasteiger partial charge in [0.15, 0.2) is 0 Å². The van der Waals surface area contributed by atoms with Crippen molar-refractivity contribution in [3.63, 3.8) is 0 Å². The molecule has 128 valence electrons. The van der Waals surface area contributed by atoms with E-state index in [1.807, 2.05) is 24.3 Å². The molecule has 8 heteroatoms. The molecule has 2 N–H and O–H groups in total. The lowest BCUT2D eigenvalue weighted by molar-refractivity contribution is 0.0947. The maximum atomic E-state index is 12.2. The Hall–Kier alpha value is -3.42. The Labute approximate surface area is 143 Å². The number of benzene rings is 1. The van der Waals surface area contributed by atoms with Crippen LogP contribution in [0.4, 0.5) is 0 Å². The smallest absolute Gasteiger partial charge is 0.269 e. The molecule has 2 aromatic heterocycles. The Morgan fingerprint density at radius 3 is 2.96 bits per heavy atom. The number of nitrogens with one attached hydrogen (secondary N) is 2. The summed E-state index contributed by atoms with van der Waals surface area (Å²) in [6.07, 6.45) is 2.87. The summed E-state index contributed by atoms with van der Waals surface area (Å²) in [7, 11) is 1.58. The van der Waals surface area contributed by atoms with Gasteiger partial charge in [-0.25, -0.2) is 4.98 Å². The lowest BCUT2D eigenvalue weighted by Gasteiger charge is -2.05. The zero-order chi connectivity index (χ0) is 17.6. The van der Waals surface area contributed by atoms with Gasteiger partial charge in [-0.15, -0.1) is 0 Å². The molecule has 0 aliphatic heterocycles. The largest absolute Gasteiger partial charge is 0.496 e. The quantitative estimate of drug-likeness (QED) is 0.699. The molecule has 0 bridgehead atoms. The Morgan fingerprint density at radius 1 is 1.32 bits per heavy atom. The van der Waals surface area contributed by atoms with Gasteiger partial charge < -0.3 is 10.1 Å². The standard InChI is InChI=1S/C17H17N5O3/c1-25-15-5-3-2-4-12(15)13-10-14(21-20-13)17(24)19-8-9-22-11-18-7-6-16(22)23/h2-7,10-11H,8-9H2,1H3,(H,19,24)(H,20,21). The topological polar surface area (TPSA) is 102 Å². The van der Waals surface area contributed by atoms with Gasteiger partial charge in [0.25, 0.3) is 11.5 Å². The van der Waals surface area contributed by atoms with Crippen molar-refractivity contribution < 1.29 is 9.53 Å². The second-order valence-corrected chi connectivity index (χ2v) is 5.23. The molecular formula is C17H17N5O3. The van der Waals surface area contributed by atoms with E-state index in [-0.39, 0.29) is 11.5 Å². The molecule has 3 aromatic rings. The van der Waals surface area contributed by atoms with Crippen LogP contribution >= 0.6 is 0 Å². The summed E-state index contributed by atoms with van der Waals surface area (Å²) >= 11 is 0. The summed E-state index contributed by atoms with van der Waals surface area (Å²) < 4.78 is 6.73. The number of hydrogen-bond acceptors (Lipinski definition) is 5. The molecule has 1 amide bonds. The van der Waals surface area contributed by atoms with Crippen molar-refractivity contribution in [1.82, 2.24) is 25.1 Å². The molecule has 0 aliphatic carbocycles. The van der Waals surface area contributed by atoms with Crippen LogP contribution in [-0.4, -0.2) is 39.3 Å². The predicted octanol–water partition coefficient (Wildman–Crippen LogP) is 1.07. The van der Waals surface area contributed by atoms with Gasteiger partial charge >= 0.3 is 0 Å². The molecule has 1 aromatic carbocycles. The lowest BCUT2D eigenvalue weighted by Crippen LogP contribution is -2.30. The van der Waals surface area contributed by atoms with Crippen LogP contribution in [0.5, 0.6) is 5.75 Å². The molecular weight excluding hydrogens is 322 g/mol. The monoisotopic (exact) mass is 339 g/mol. The van der Waals surface area contributed by atoms with Gasteiger partial charge in [0.2, 0.25) is 0 Å². The van der Waals surface area contributed by atoms with Crippen LogP contribution in [-0.2, 0) is 6.54 Å². The first kappa shape index (κ1) is 16.4. The van der Waals surface area contributed by atoms with Crippen LogP contribution in [0.1, 0.15) is 10.5 Å². The molecule has 0 fully saturated rings. The minimum Gasteiger partial charge on any atom is -0.496 e. The minimum absolute atomic E-state index is 0.163. The van der Waals surface area contributed by atoms with Crippen molar-refractivity contribution in [2.75, 3.05) is 13.7 Å². The summed E-state index contributed by atoms with van der Waals surface area (Å²) in [4.78, 5) is 27.6. The number of para-hydroxylation sites is 1. The SMILES string of the molecule is COc1ccccc1-c1cc(C(=O)NCCn2cnccc2=O)[nH]n1. The molecule has 0 unspecified atom stereocenters. The summed E-state index contributed by atoms with van der Waals surface area (Å²) in [6, 6.07) is 10.5. The average molecular weight is 339 g/mol. The molecule has 0 radical (unpaired) electrons. The number of aromatic amines is 1. The number of aromatic nitrogens is 4. The maximum absolute atomic E-state index is 12.2. The van der Waals surface area contributed by atoms with E-state index in [2.05, 4.69) is 20.5 Å². The molecule has 8 nitrogen and oxygen atoms in total. The van der Waals surface area contributed by atoms with Crippen molar-refractivity contribution in [3.8, 4) is 17.0 Å². The minimum atomic E-state index is -0.300. The van der Waals surface area contributed by atoms with Crippen molar-refractivity contribution in [2.45, 2.75) is 6.54 Å². The van der Waals surface area contributed by atoms with E-state index in [9.17, 15) is 9.59 Å². The maximum Gasteiger partial charge on any atom is 0.269 e. The van der Waals surface area contributed by atoms with Gasteiger partial charge in [0.1, 0.15) is 11.4 Å². The van der Waals surface area contributed by atoms with Crippen molar-refractivity contribution >= 4 is 5.91 Å². The number of H-pyrrole nitrogens is 1. The van der Waals surface area contributed by atoms with Crippen LogP contribution in [0.25, 0.3) is 11.3 Å². The Morgan fingerprint density at radius 2 is 2.16 bits per heavy atom. The summed E-state index contributed by atoms with van der Waals surface area (Å²) in [5.41, 5.74) is 1.58. The number of nitrogens with zero attached hydrogens (tertiary/aromatic N) is 3. The third-order valence-electron chi connectivity index (χ3n) is 3.64. The van der Waals surface area contributed by atoms with E-state index >= 15 is 0 Å². The first-order valence-corrected chi connectivity index (χ1v) is 7.66. The van der Waals surface area contributed by atoms with Crippen LogP contribution in [0.2, 0.25) is 0 Å². The molecule has 0 saturated heterocycles. The normalized spacial score (nSPS) is 10.4. The number of rotatable bonds is 6. The Kier molecular flexibility index (Phi) is 4.89. The zero-order valence-electron chi connectivity index (χ0n) is 13.6. The number of carbonyl (C=O) groups excluding carboxylic acids is 1. The molecule has 0 aliphatic rings. The molecule has 25 heavy (non-hydrogen) atoms. The Bertz CT molecular complexity index is 932. The second kappa shape index (κ2) is 7.43. The van der Waals surface area contributed by atoms with Crippen LogP contribution in [0.3, 0.4) is 0 Å². The molecule has 3 rings (SSSR count). The van der Waals surface area contributed by atoms with E-state index < -0.39 is 0 Å². The lowest BCUT2D eigenvalue weighted by atomic mass is 10.1. The average Bonchev–Trinajstić information content (AvgIpc) is 3.13. The first-order chi connectivity index (χ1) is 12.2. The highest BCUT2D eigenvalue weighted by Crippen LogP contribution is 2.28. The van der Waals surface area contributed by atoms with Crippen molar-refractivity contribution in [1.29, 1.82) is 0 Å². The highest BCUT2D eigenvalue weighted by molar-refractivity contribution is 5.93. The number of ether oxygens (including phenoxy) is 1. The van der Waals surface area contributed by atoms with Gasteiger partial charge in [0, 0.05) is 30.9 Å². The second-order valence-electron chi connectivity index (χ2n) is 5.23. The number of amides is 1. The molecule has 2 heterocycles. The van der Waals surface area contributed by atoms with Crippen LogP contribution in [0, 0.1) is 0 Å². The molecule has 0 saturated carbocycles. The van der Waals surface area contributed by atoms with Crippen LogP contribution < -0.4 is 15.6 Å². The summed E-state index contributed by atoms with van der Waals surface area (Å²) in [6.45, 7) is 0.638. The Balaban J connectivity index is 1.65. The summed E-state index contributed by atoms with van der Waals surface area (Å²) in [5.74, 6) is 0.377. The van der Waals surface area contributed by atoms with E-state index in [1.54, 1.807) is 13.2 Å². The van der Waals surface area contributed by atoms with E-state index in [0.29, 0.717) is 30.2 Å². The fraction of sp³-hybridized carbons (Fsp3) is 0.176. The third-order valence-corrected chi connectivity index (χ3v) is 3.64. The van der Waals surface area contributed by atoms with E-state index in [1.165, 1.54) is 23.2 Å². The first-order valence-electron chi connectivity index (χ1n) is 7.66. The number of methoxy groups -OCH3 is 1. The van der Waals surface area contributed by atoms with Gasteiger partial charge in [-0.3, -0.25) is 19.3 Å². The van der Waals surface area contributed by atoms with Gasteiger partial charge in [-0.1, -0.05) is 12.1 Å². The van der Waals surface area contributed by atoms with Gasteiger partial charge in [0.05, 0.1) is 19.1 Å². The number of carbonyl (C=O) groups is 1. The van der Waals surface area contributed by atoms with E-state index in [4.69, 9.17) is 4.74 Å². The highest BCUT2D eigenvalue weighted by Gasteiger charge is 2.13. The van der Waals surface area contributed by atoms with Crippen LogP contribution in [0.15, 0.2) is 53.7 Å². The van der Waals surface area contributed by atoms with Gasteiger partial charge in [-0.2, -0.15) is 5.10 Å². The van der Waals surface area contributed by atoms with Gasteiger partial charge in [-0.05, 0) is 18.2 Å². The van der Waals surface area contributed by atoms with Crippen molar-refractivity contribution in [3.05, 3.63) is 65.0 Å². The molecule has 0 atom stereocenters. The van der Waals surface area contributed by atoms with E-state index in [0.717, 1.165) is 5.56 Å². The zero-order valence-corrected chi connectivity index (χ0v) is 13.6. The predicted molar refractivity (Wildman–Crippen MR) is 91.4 cm³/mol. The molecule has 0 spiro atoms. The third kappa shape index (κ3) is 3.74. The van der Waals surface area contributed by atoms with Crippen molar-refractivity contribution in [2.24, 2.45) is 0 Å². The number of hydrogen-bond donors (Lipinski definition) is 2. The summed E-state index contributed by atoms with van der Waals surface area (Å²) in [5, 5.41) is 9.62. The fourth-order valence-electron chi connectivity index (χ4n) is 2.36.